The van der Waals surface area contributed by atoms with Gasteiger partial charge >= 0.3 is 0 Å². The maximum atomic E-state index is 13.3. The van der Waals surface area contributed by atoms with Gasteiger partial charge in [-0.15, -0.1) is 0 Å². The molecule has 0 bridgehead atoms. The molecule has 1 amide bonds. The lowest BCUT2D eigenvalue weighted by Gasteiger charge is -2.21. The van der Waals surface area contributed by atoms with Gasteiger partial charge < -0.3 is 16.0 Å². The van der Waals surface area contributed by atoms with E-state index in [4.69, 9.17) is 5.73 Å². The molecule has 19 heavy (non-hydrogen) atoms. The van der Waals surface area contributed by atoms with Crippen LogP contribution in [-0.4, -0.2) is 26.0 Å². The second kappa shape index (κ2) is 7.09. The van der Waals surface area contributed by atoms with Gasteiger partial charge in [-0.25, -0.2) is 4.39 Å². The summed E-state index contributed by atoms with van der Waals surface area (Å²) in [5.41, 5.74) is 6.82. The first-order valence-corrected chi connectivity index (χ1v) is 6.38. The van der Waals surface area contributed by atoms with Crippen LogP contribution in [0, 0.1) is 11.7 Å². The van der Waals surface area contributed by atoms with E-state index in [0.717, 1.165) is 17.8 Å². The molecule has 1 aromatic rings. The van der Waals surface area contributed by atoms with E-state index in [1.165, 1.54) is 12.1 Å². The minimum absolute atomic E-state index is 0.114. The third-order valence-electron chi connectivity index (χ3n) is 2.71. The molecule has 0 atom stereocenters. The number of nitrogens with two attached hydrogens (primary N) is 1. The highest BCUT2D eigenvalue weighted by Crippen LogP contribution is 2.20. The Morgan fingerprint density at radius 3 is 2.74 bits per heavy atom. The molecule has 0 saturated heterocycles. The highest BCUT2D eigenvalue weighted by molar-refractivity contribution is 5.79. The Kier molecular flexibility index (Phi) is 5.76. The minimum atomic E-state index is -0.409. The molecule has 0 aliphatic carbocycles. The van der Waals surface area contributed by atoms with Crippen molar-refractivity contribution >= 4 is 11.6 Å². The van der Waals surface area contributed by atoms with Crippen molar-refractivity contribution in [2.24, 2.45) is 11.7 Å². The Morgan fingerprint density at radius 2 is 2.16 bits per heavy atom. The summed E-state index contributed by atoms with van der Waals surface area (Å²) < 4.78 is 13.3. The van der Waals surface area contributed by atoms with Crippen LogP contribution in [-0.2, 0) is 11.3 Å². The number of primary amides is 1. The Hall–Kier alpha value is -1.62. The van der Waals surface area contributed by atoms with Gasteiger partial charge in [-0.3, -0.25) is 4.79 Å². The van der Waals surface area contributed by atoms with Crippen molar-refractivity contribution in [3.63, 3.8) is 0 Å². The Bertz CT molecular complexity index is 435. The number of nitrogens with one attached hydrogen (secondary N) is 1. The number of halogens is 1. The van der Waals surface area contributed by atoms with Crippen LogP contribution in [0.1, 0.15) is 19.4 Å². The quantitative estimate of drug-likeness (QED) is 0.787. The van der Waals surface area contributed by atoms with Crippen LogP contribution in [0.2, 0.25) is 0 Å². The molecule has 4 nitrogen and oxygen atoms in total. The van der Waals surface area contributed by atoms with E-state index in [1.54, 1.807) is 18.0 Å². The lowest BCUT2D eigenvalue weighted by Crippen LogP contribution is -2.31. The van der Waals surface area contributed by atoms with Gasteiger partial charge in [-0.2, -0.15) is 0 Å². The minimum Gasteiger partial charge on any atom is -0.368 e. The van der Waals surface area contributed by atoms with Crippen molar-refractivity contribution < 1.29 is 9.18 Å². The van der Waals surface area contributed by atoms with Gasteiger partial charge in [0, 0.05) is 19.3 Å². The van der Waals surface area contributed by atoms with E-state index < -0.39 is 5.91 Å². The van der Waals surface area contributed by atoms with E-state index in [9.17, 15) is 9.18 Å². The summed E-state index contributed by atoms with van der Waals surface area (Å²) in [5.74, 6) is -0.161. The molecule has 0 radical (unpaired) electrons. The summed E-state index contributed by atoms with van der Waals surface area (Å²) in [6, 6.07) is 4.55. The molecule has 0 aliphatic heterocycles. The molecule has 0 unspecified atom stereocenters. The van der Waals surface area contributed by atoms with Crippen molar-refractivity contribution in [1.82, 2.24) is 5.32 Å². The fourth-order valence-corrected chi connectivity index (χ4v) is 1.88. The maximum Gasteiger partial charge on any atom is 0.236 e. The second-order valence-electron chi connectivity index (χ2n) is 5.12. The van der Waals surface area contributed by atoms with E-state index in [-0.39, 0.29) is 12.4 Å². The summed E-state index contributed by atoms with van der Waals surface area (Å²) in [6.07, 6.45) is 0. The Balaban J connectivity index is 2.81. The number of rotatable bonds is 7. The monoisotopic (exact) mass is 267 g/mol. The predicted octanol–water partition coefficient (Wildman–Crippen LogP) is 1.49. The zero-order valence-corrected chi connectivity index (χ0v) is 11.7. The van der Waals surface area contributed by atoms with Crippen molar-refractivity contribution in [2.75, 3.05) is 25.0 Å². The summed E-state index contributed by atoms with van der Waals surface area (Å²) in [7, 11) is 1.77. The molecule has 1 rings (SSSR count). The molecule has 0 heterocycles. The van der Waals surface area contributed by atoms with Gasteiger partial charge in [-0.05, 0) is 36.2 Å². The van der Waals surface area contributed by atoms with Crippen LogP contribution in [0.4, 0.5) is 10.1 Å². The van der Waals surface area contributed by atoms with Crippen molar-refractivity contribution in [2.45, 2.75) is 20.4 Å². The zero-order chi connectivity index (χ0) is 14.4. The molecule has 0 aliphatic rings. The van der Waals surface area contributed by atoms with Crippen LogP contribution >= 0.6 is 0 Å². The summed E-state index contributed by atoms with van der Waals surface area (Å²) in [4.78, 5) is 12.7. The Morgan fingerprint density at radius 1 is 1.47 bits per heavy atom. The van der Waals surface area contributed by atoms with E-state index >= 15 is 0 Å². The van der Waals surface area contributed by atoms with Crippen LogP contribution in [0.3, 0.4) is 0 Å². The first-order valence-electron chi connectivity index (χ1n) is 6.38. The number of carbonyl (C=O) groups excluding carboxylic acids is 1. The van der Waals surface area contributed by atoms with Crippen LogP contribution < -0.4 is 16.0 Å². The number of amides is 1. The van der Waals surface area contributed by atoms with Gasteiger partial charge in [0.1, 0.15) is 5.82 Å². The number of benzene rings is 1. The molecule has 106 valence electrons. The topological polar surface area (TPSA) is 58.4 Å². The lowest BCUT2D eigenvalue weighted by molar-refractivity contribution is -0.116. The predicted molar refractivity (Wildman–Crippen MR) is 75.4 cm³/mol. The van der Waals surface area contributed by atoms with Gasteiger partial charge in [0.2, 0.25) is 5.91 Å². The van der Waals surface area contributed by atoms with Crippen LogP contribution in [0.5, 0.6) is 0 Å². The average molecular weight is 267 g/mol. The van der Waals surface area contributed by atoms with Gasteiger partial charge in [0.05, 0.1) is 6.54 Å². The number of likely N-dealkylation sites (N-methyl/N-ethyl adjacent to an activating group) is 1. The molecular weight excluding hydrogens is 245 g/mol. The SMILES string of the molecule is CC(C)CNCc1cc(F)ccc1N(C)CC(N)=O. The summed E-state index contributed by atoms with van der Waals surface area (Å²) >= 11 is 0. The molecule has 3 N–H and O–H groups in total. The summed E-state index contributed by atoms with van der Waals surface area (Å²) in [6.45, 7) is 5.75. The Labute approximate surface area is 113 Å². The standard InChI is InChI=1S/C14H22FN3O/c1-10(2)7-17-8-11-6-12(15)4-5-13(11)18(3)9-14(16)19/h4-6,10,17H,7-9H2,1-3H3,(H2,16,19). The molecule has 0 aromatic heterocycles. The first kappa shape index (κ1) is 15.4. The van der Waals surface area contributed by atoms with Crippen molar-refractivity contribution in [1.29, 1.82) is 0 Å². The van der Waals surface area contributed by atoms with Gasteiger partial charge in [0.25, 0.3) is 0 Å². The van der Waals surface area contributed by atoms with E-state index in [1.807, 2.05) is 0 Å². The average Bonchev–Trinajstić information content (AvgIpc) is 2.27. The fraction of sp³-hybridized carbons (Fsp3) is 0.500. The molecule has 5 heteroatoms. The van der Waals surface area contributed by atoms with E-state index in [2.05, 4.69) is 19.2 Å². The highest BCUT2D eigenvalue weighted by atomic mass is 19.1. The van der Waals surface area contributed by atoms with Crippen LogP contribution in [0.25, 0.3) is 0 Å². The van der Waals surface area contributed by atoms with E-state index in [0.29, 0.717) is 12.5 Å². The maximum absolute atomic E-state index is 13.3. The fourth-order valence-electron chi connectivity index (χ4n) is 1.88. The third-order valence-corrected chi connectivity index (χ3v) is 2.71. The lowest BCUT2D eigenvalue weighted by atomic mass is 10.1. The van der Waals surface area contributed by atoms with Crippen LogP contribution in [0.15, 0.2) is 18.2 Å². The normalized spacial score (nSPS) is 10.8. The number of hydrogen-bond donors (Lipinski definition) is 2. The third kappa shape index (κ3) is 5.26. The van der Waals surface area contributed by atoms with Gasteiger partial charge in [-0.1, -0.05) is 13.8 Å². The molecule has 0 spiro atoms. The second-order valence-corrected chi connectivity index (χ2v) is 5.12. The molecule has 0 saturated carbocycles. The number of anilines is 1. The zero-order valence-electron chi connectivity index (χ0n) is 11.7. The first-order chi connectivity index (χ1) is 8.90. The summed E-state index contributed by atoms with van der Waals surface area (Å²) in [5, 5.41) is 3.27. The van der Waals surface area contributed by atoms with Crippen molar-refractivity contribution in [3.05, 3.63) is 29.6 Å². The van der Waals surface area contributed by atoms with Gasteiger partial charge in [0.15, 0.2) is 0 Å². The number of carbonyl (C=O) groups is 1. The number of hydrogen-bond acceptors (Lipinski definition) is 3. The number of nitrogens with zero attached hydrogens (tertiary/aromatic N) is 1. The van der Waals surface area contributed by atoms with Crippen molar-refractivity contribution in [3.8, 4) is 0 Å². The highest BCUT2D eigenvalue weighted by Gasteiger charge is 2.10. The molecular formula is C14H22FN3O. The molecule has 0 fully saturated rings. The molecule has 1 aromatic carbocycles. The smallest absolute Gasteiger partial charge is 0.236 e. The largest absolute Gasteiger partial charge is 0.368 e.